The summed E-state index contributed by atoms with van der Waals surface area (Å²) in [7, 11) is 2.35. The minimum Gasteiger partial charge on any atom is -0.490 e. The van der Waals surface area contributed by atoms with Crippen LogP contribution in [0, 0.1) is 6.92 Å². The molecule has 1 amide bonds. The zero-order valence-corrected chi connectivity index (χ0v) is 15.5. The fourth-order valence-electron chi connectivity index (χ4n) is 1.75. The first-order valence-corrected chi connectivity index (χ1v) is 7.98. The van der Waals surface area contributed by atoms with Crippen LogP contribution in [0.3, 0.4) is 0 Å². The standard InChI is InChI=1S/C14H15N5O4S.CH4O.H2/c1-7-6-9(23-12(21)10(7)22-3)11(20)17-14-19-18-13(24-14)16-8(2)4-5-15;1-2;/h4-6H,15H2,1-3H3,(H,17,19,20);2H,1H3;1H/b5-4-,16-8+;;. The first-order chi connectivity index (χ1) is 12.4. The highest BCUT2D eigenvalue weighted by atomic mass is 32.1. The van der Waals surface area contributed by atoms with E-state index in [9.17, 15) is 9.59 Å². The minimum atomic E-state index is -0.727. The van der Waals surface area contributed by atoms with Gasteiger partial charge in [0.05, 0.1) is 7.11 Å². The molecule has 0 saturated heterocycles. The Morgan fingerprint density at radius 3 is 2.77 bits per heavy atom. The van der Waals surface area contributed by atoms with Crippen molar-refractivity contribution >= 4 is 33.2 Å². The molecule has 0 radical (unpaired) electrons. The van der Waals surface area contributed by atoms with Gasteiger partial charge in [-0.25, -0.2) is 9.79 Å². The lowest BCUT2D eigenvalue weighted by Crippen LogP contribution is -2.16. The van der Waals surface area contributed by atoms with Gasteiger partial charge in [-0.15, -0.1) is 10.2 Å². The number of methoxy groups -OCH3 is 1. The van der Waals surface area contributed by atoms with Crippen molar-refractivity contribution in [3.05, 3.63) is 40.1 Å². The predicted molar refractivity (Wildman–Crippen MR) is 100 cm³/mol. The number of carbonyl (C=O) groups is 1. The Bertz CT molecular complexity index is 878. The number of hydrogen-bond donors (Lipinski definition) is 3. The van der Waals surface area contributed by atoms with Crippen LogP contribution in [0.1, 0.15) is 24.5 Å². The van der Waals surface area contributed by atoms with Crippen molar-refractivity contribution in [2.75, 3.05) is 19.5 Å². The predicted octanol–water partition coefficient (Wildman–Crippen LogP) is 1.48. The van der Waals surface area contributed by atoms with Crippen LogP contribution in [0.2, 0.25) is 0 Å². The summed E-state index contributed by atoms with van der Waals surface area (Å²) in [6, 6.07) is 1.41. The molecule has 2 rings (SSSR count). The Kier molecular flexibility index (Phi) is 8.12. The average molecular weight is 383 g/mol. The third-order valence-corrected chi connectivity index (χ3v) is 3.50. The number of aryl methyl sites for hydroxylation is 1. The maximum Gasteiger partial charge on any atom is 0.379 e. The number of anilines is 1. The number of aliphatic hydroxyl groups excluding tert-OH is 1. The summed E-state index contributed by atoms with van der Waals surface area (Å²) in [6.45, 7) is 3.38. The number of nitrogens with zero attached hydrogens (tertiary/aromatic N) is 3. The van der Waals surface area contributed by atoms with Gasteiger partial charge in [0.15, 0.2) is 5.76 Å². The number of aromatic nitrogens is 2. The van der Waals surface area contributed by atoms with E-state index in [0.717, 1.165) is 18.4 Å². The van der Waals surface area contributed by atoms with Crippen LogP contribution in [-0.2, 0) is 0 Å². The summed E-state index contributed by atoms with van der Waals surface area (Å²) in [6.07, 6.45) is 2.96. The van der Waals surface area contributed by atoms with Crippen molar-refractivity contribution in [1.82, 2.24) is 10.2 Å². The number of allylic oxidation sites excluding steroid dienone is 1. The van der Waals surface area contributed by atoms with E-state index in [4.69, 9.17) is 20.0 Å². The van der Waals surface area contributed by atoms with Crippen LogP contribution in [0.25, 0.3) is 0 Å². The molecule has 0 unspecified atom stereocenters. The largest absolute Gasteiger partial charge is 0.490 e. The normalized spacial score (nSPS) is 11.0. The molecule has 0 atom stereocenters. The molecule has 0 aromatic carbocycles. The van der Waals surface area contributed by atoms with E-state index in [1.807, 2.05) is 0 Å². The number of ether oxygens (including phenoxy) is 1. The minimum absolute atomic E-state index is 0. The molecule has 26 heavy (non-hydrogen) atoms. The fourth-order valence-corrected chi connectivity index (χ4v) is 2.42. The van der Waals surface area contributed by atoms with Crippen LogP contribution in [-0.4, -0.2) is 41.1 Å². The first kappa shape index (κ1) is 21.0. The quantitative estimate of drug-likeness (QED) is 0.656. The molecule has 0 aliphatic rings. The molecular weight excluding hydrogens is 362 g/mol. The van der Waals surface area contributed by atoms with Crippen molar-refractivity contribution in [2.24, 2.45) is 10.7 Å². The third-order valence-electron chi connectivity index (χ3n) is 2.77. The number of rotatable bonds is 5. The van der Waals surface area contributed by atoms with Crippen LogP contribution < -0.4 is 21.4 Å². The van der Waals surface area contributed by atoms with Crippen molar-refractivity contribution < 1.29 is 20.5 Å². The Labute approximate surface area is 154 Å². The SMILES string of the molecule is CO.COc1c(C)cc(C(=O)Nc2nnc(/N=C(C)/C=C\N)s2)oc1=O.[HH]. The Morgan fingerprint density at radius 1 is 1.50 bits per heavy atom. The van der Waals surface area contributed by atoms with Gasteiger partial charge in [0.1, 0.15) is 0 Å². The topological polar surface area (TPSA) is 153 Å². The molecule has 0 aliphatic heterocycles. The summed E-state index contributed by atoms with van der Waals surface area (Å²) < 4.78 is 9.83. The number of nitrogens with one attached hydrogen (secondary N) is 1. The summed E-state index contributed by atoms with van der Waals surface area (Å²) in [4.78, 5) is 28.0. The number of carbonyl (C=O) groups excluding carboxylic acids is 1. The van der Waals surface area contributed by atoms with Crippen molar-refractivity contribution in [2.45, 2.75) is 13.8 Å². The van der Waals surface area contributed by atoms with Gasteiger partial charge in [0.25, 0.3) is 5.91 Å². The van der Waals surface area contributed by atoms with Gasteiger partial charge in [-0.1, -0.05) is 11.3 Å². The van der Waals surface area contributed by atoms with Gasteiger partial charge in [-0.05, 0) is 32.2 Å². The van der Waals surface area contributed by atoms with Crippen molar-refractivity contribution in [3.8, 4) is 5.75 Å². The van der Waals surface area contributed by atoms with Gasteiger partial charge in [0.2, 0.25) is 16.0 Å². The Balaban J connectivity index is 0.00000218. The van der Waals surface area contributed by atoms with Crippen molar-refractivity contribution in [1.29, 1.82) is 0 Å². The van der Waals surface area contributed by atoms with E-state index in [0.29, 0.717) is 16.4 Å². The second-order valence-electron chi connectivity index (χ2n) is 4.57. The molecule has 10 nitrogen and oxygen atoms in total. The van der Waals surface area contributed by atoms with Crippen LogP contribution in [0.5, 0.6) is 5.75 Å². The van der Waals surface area contributed by atoms with Crippen LogP contribution in [0.4, 0.5) is 10.3 Å². The second-order valence-corrected chi connectivity index (χ2v) is 5.53. The number of aliphatic hydroxyl groups is 1. The van der Waals surface area contributed by atoms with E-state index in [1.165, 1.54) is 19.4 Å². The molecule has 2 heterocycles. The number of nitrogens with two attached hydrogens (primary N) is 1. The maximum absolute atomic E-state index is 12.1. The molecule has 2 aromatic heterocycles. The monoisotopic (exact) mass is 383 g/mol. The van der Waals surface area contributed by atoms with Crippen LogP contribution >= 0.6 is 11.3 Å². The lowest BCUT2D eigenvalue weighted by molar-refractivity contribution is 0.0991. The summed E-state index contributed by atoms with van der Waals surface area (Å²) in [5.41, 5.74) is 5.67. The highest BCUT2D eigenvalue weighted by Crippen LogP contribution is 2.23. The van der Waals surface area contributed by atoms with Gasteiger partial charge in [-0.2, -0.15) is 0 Å². The Morgan fingerprint density at radius 2 is 2.19 bits per heavy atom. The molecule has 0 spiro atoms. The highest BCUT2D eigenvalue weighted by molar-refractivity contribution is 7.18. The molecule has 2 aromatic rings. The number of amides is 1. The lowest BCUT2D eigenvalue weighted by Gasteiger charge is -2.04. The number of aliphatic imine (C=N–C) groups is 1. The van der Waals surface area contributed by atoms with E-state index < -0.39 is 11.5 Å². The average Bonchev–Trinajstić information content (AvgIpc) is 3.03. The fraction of sp³-hybridized carbons (Fsp3) is 0.267. The maximum atomic E-state index is 12.1. The Hall–Kier alpha value is -3.05. The van der Waals surface area contributed by atoms with Gasteiger partial charge in [-0.3, -0.25) is 10.1 Å². The summed E-state index contributed by atoms with van der Waals surface area (Å²) in [5.74, 6) is -0.716. The number of hydrogen-bond acceptors (Lipinski definition) is 10. The first-order valence-electron chi connectivity index (χ1n) is 7.16. The second kappa shape index (κ2) is 10.1. The van der Waals surface area contributed by atoms with Gasteiger partial charge < -0.3 is 20.0 Å². The van der Waals surface area contributed by atoms with Crippen molar-refractivity contribution in [3.63, 3.8) is 0 Å². The smallest absolute Gasteiger partial charge is 0.379 e. The molecule has 0 saturated carbocycles. The van der Waals surface area contributed by atoms with Gasteiger partial charge >= 0.3 is 5.63 Å². The van der Waals surface area contributed by atoms with E-state index in [2.05, 4.69) is 20.5 Å². The summed E-state index contributed by atoms with van der Waals surface area (Å²) in [5, 5.41) is 17.7. The van der Waals surface area contributed by atoms with Crippen LogP contribution in [0.15, 0.2) is 32.5 Å². The zero-order chi connectivity index (χ0) is 19.7. The van der Waals surface area contributed by atoms with Gasteiger partial charge in [0, 0.05) is 19.8 Å². The summed E-state index contributed by atoms with van der Waals surface area (Å²) >= 11 is 1.07. The highest BCUT2D eigenvalue weighted by Gasteiger charge is 2.16. The third kappa shape index (κ3) is 5.50. The zero-order valence-electron chi connectivity index (χ0n) is 14.6. The van der Waals surface area contributed by atoms with E-state index >= 15 is 0 Å². The molecule has 4 N–H and O–H groups in total. The molecule has 142 valence electrons. The molecule has 0 aliphatic carbocycles. The molecule has 11 heteroatoms. The molecule has 0 fully saturated rings. The lowest BCUT2D eigenvalue weighted by atomic mass is 10.2. The van der Waals surface area contributed by atoms with E-state index in [1.54, 1.807) is 19.9 Å². The molecule has 0 bridgehead atoms. The molecular formula is C15H21N5O5S. The van der Waals surface area contributed by atoms with E-state index in [-0.39, 0.29) is 18.1 Å².